The number of nitrogens with zero attached hydrogens (tertiary/aromatic N) is 1. The Bertz CT molecular complexity index is 766. The van der Waals surface area contributed by atoms with Crippen molar-refractivity contribution in [2.24, 2.45) is 0 Å². The van der Waals surface area contributed by atoms with Crippen molar-refractivity contribution in [2.45, 2.75) is 50.7 Å². The third-order valence-corrected chi connectivity index (χ3v) is 5.44. The van der Waals surface area contributed by atoms with E-state index >= 15 is 0 Å². The summed E-state index contributed by atoms with van der Waals surface area (Å²) in [5.41, 5.74) is 0.943. The number of benzene rings is 2. The lowest BCUT2D eigenvalue weighted by Gasteiger charge is -2.31. The summed E-state index contributed by atoms with van der Waals surface area (Å²) in [6.45, 7) is 6.13. The van der Waals surface area contributed by atoms with Crippen molar-refractivity contribution in [2.75, 3.05) is 5.75 Å². The summed E-state index contributed by atoms with van der Waals surface area (Å²) in [4.78, 5) is 28.5. The number of carbonyl (C=O) groups is 2. The SMILES string of the molecule is CC[C@H](C(=O)NC(C)C)N(Cc1ccc(Cl)cc1)C(=O)CSc1ccccc1. The van der Waals surface area contributed by atoms with Crippen LogP contribution < -0.4 is 5.32 Å². The molecule has 0 heterocycles. The maximum absolute atomic E-state index is 13.1. The van der Waals surface area contributed by atoms with Crippen LogP contribution in [0.5, 0.6) is 0 Å². The molecular weight excluding hydrogens is 392 g/mol. The number of hydrogen-bond donors (Lipinski definition) is 1. The van der Waals surface area contributed by atoms with Crippen molar-refractivity contribution in [3.8, 4) is 0 Å². The maximum Gasteiger partial charge on any atom is 0.243 e. The van der Waals surface area contributed by atoms with Gasteiger partial charge in [0.2, 0.25) is 11.8 Å². The first-order valence-electron chi connectivity index (χ1n) is 9.42. The Morgan fingerprint density at radius 1 is 1.07 bits per heavy atom. The second kappa shape index (κ2) is 11.1. The van der Waals surface area contributed by atoms with Crippen molar-refractivity contribution >= 4 is 35.2 Å². The molecule has 0 unspecified atom stereocenters. The van der Waals surface area contributed by atoms with Gasteiger partial charge in [-0.05, 0) is 50.1 Å². The average Bonchev–Trinajstić information content (AvgIpc) is 2.67. The van der Waals surface area contributed by atoms with E-state index in [2.05, 4.69) is 5.32 Å². The van der Waals surface area contributed by atoms with Crippen LogP contribution in [0.4, 0.5) is 0 Å². The lowest BCUT2D eigenvalue weighted by molar-refractivity contribution is -0.139. The van der Waals surface area contributed by atoms with Crippen LogP contribution in [0.15, 0.2) is 59.5 Å². The number of rotatable bonds is 9. The normalized spacial score (nSPS) is 11.9. The zero-order chi connectivity index (χ0) is 20.5. The molecule has 4 nitrogen and oxygen atoms in total. The standard InChI is InChI=1S/C22H27ClN2O2S/c1-4-20(22(27)24-16(2)3)25(14-17-10-12-18(23)13-11-17)21(26)15-28-19-8-6-5-7-9-19/h5-13,16,20H,4,14-15H2,1-3H3,(H,24,27)/t20-/m1/s1. The molecule has 0 saturated heterocycles. The monoisotopic (exact) mass is 418 g/mol. The van der Waals surface area contributed by atoms with Gasteiger partial charge >= 0.3 is 0 Å². The molecule has 0 aliphatic rings. The zero-order valence-corrected chi connectivity index (χ0v) is 18.1. The fraction of sp³-hybridized carbons (Fsp3) is 0.364. The predicted octanol–water partition coefficient (Wildman–Crippen LogP) is 4.76. The highest BCUT2D eigenvalue weighted by atomic mass is 35.5. The number of thioether (sulfide) groups is 1. The van der Waals surface area contributed by atoms with Gasteiger partial charge in [0.15, 0.2) is 0 Å². The van der Waals surface area contributed by atoms with E-state index in [1.165, 1.54) is 11.8 Å². The molecule has 0 bridgehead atoms. The van der Waals surface area contributed by atoms with Gasteiger partial charge in [-0.3, -0.25) is 9.59 Å². The van der Waals surface area contributed by atoms with Crippen molar-refractivity contribution in [1.82, 2.24) is 10.2 Å². The molecule has 0 aliphatic carbocycles. The molecule has 2 aromatic rings. The van der Waals surface area contributed by atoms with Crippen molar-refractivity contribution in [3.05, 3.63) is 65.2 Å². The highest BCUT2D eigenvalue weighted by molar-refractivity contribution is 8.00. The van der Waals surface area contributed by atoms with E-state index in [4.69, 9.17) is 11.6 Å². The second-order valence-electron chi connectivity index (χ2n) is 6.84. The molecule has 150 valence electrons. The third kappa shape index (κ3) is 6.88. The largest absolute Gasteiger partial charge is 0.352 e. The number of nitrogens with one attached hydrogen (secondary N) is 1. The summed E-state index contributed by atoms with van der Waals surface area (Å²) >= 11 is 7.46. The van der Waals surface area contributed by atoms with Gasteiger partial charge in [0.25, 0.3) is 0 Å². The molecule has 2 amide bonds. The van der Waals surface area contributed by atoms with E-state index in [-0.39, 0.29) is 23.6 Å². The molecule has 2 rings (SSSR count). The molecule has 6 heteroatoms. The molecule has 0 radical (unpaired) electrons. The van der Waals surface area contributed by atoms with E-state index < -0.39 is 6.04 Å². The Kier molecular flexibility index (Phi) is 8.87. The molecule has 1 atom stereocenters. The van der Waals surface area contributed by atoms with Crippen LogP contribution in [0.1, 0.15) is 32.8 Å². The quantitative estimate of drug-likeness (QED) is 0.597. The summed E-state index contributed by atoms with van der Waals surface area (Å²) in [7, 11) is 0. The third-order valence-electron chi connectivity index (χ3n) is 4.19. The van der Waals surface area contributed by atoms with Crippen molar-refractivity contribution in [3.63, 3.8) is 0 Å². The van der Waals surface area contributed by atoms with Gasteiger partial charge in [0.1, 0.15) is 6.04 Å². The average molecular weight is 419 g/mol. The Hall–Kier alpha value is -1.98. The molecule has 0 aromatic heterocycles. The van der Waals surface area contributed by atoms with E-state index in [1.54, 1.807) is 17.0 Å². The molecule has 2 aromatic carbocycles. The Morgan fingerprint density at radius 2 is 1.71 bits per heavy atom. The molecule has 28 heavy (non-hydrogen) atoms. The number of carbonyl (C=O) groups excluding carboxylic acids is 2. The van der Waals surface area contributed by atoms with Crippen LogP contribution in [0.2, 0.25) is 5.02 Å². The maximum atomic E-state index is 13.1. The minimum Gasteiger partial charge on any atom is -0.352 e. The van der Waals surface area contributed by atoms with Crippen LogP contribution in [0.3, 0.4) is 0 Å². The van der Waals surface area contributed by atoms with Crippen molar-refractivity contribution < 1.29 is 9.59 Å². The number of amides is 2. The Labute approximate surface area is 176 Å². The lowest BCUT2D eigenvalue weighted by Crippen LogP contribution is -2.50. The first-order chi connectivity index (χ1) is 13.4. The van der Waals surface area contributed by atoms with Gasteiger partial charge < -0.3 is 10.2 Å². The summed E-state index contributed by atoms with van der Waals surface area (Å²) in [6.07, 6.45) is 0.549. The van der Waals surface area contributed by atoms with Crippen LogP contribution in [-0.4, -0.2) is 34.6 Å². The van der Waals surface area contributed by atoms with Gasteiger partial charge in [-0.2, -0.15) is 0 Å². The molecule has 0 fully saturated rings. The molecule has 0 aliphatic heterocycles. The molecule has 0 spiro atoms. The van der Waals surface area contributed by atoms with Gasteiger partial charge in [-0.15, -0.1) is 11.8 Å². The van der Waals surface area contributed by atoms with Crippen LogP contribution in [-0.2, 0) is 16.1 Å². The minimum atomic E-state index is -0.512. The summed E-state index contributed by atoms with van der Waals surface area (Å²) in [5, 5.41) is 3.58. The highest BCUT2D eigenvalue weighted by Crippen LogP contribution is 2.20. The fourth-order valence-corrected chi connectivity index (χ4v) is 3.76. The first kappa shape index (κ1) is 22.3. The Morgan fingerprint density at radius 3 is 2.29 bits per heavy atom. The lowest BCUT2D eigenvalue weighted by atomic mass is 10.1. The summed E-state index contributed by atoms with van der Waals surface area (Å²) in [5.74, 6) is 0.0994. The molecular formula is C22H27ClN2O2S. The Balaban J connectivity index is 2.18. The van der Waals surface area contributed by atoms with E-state index in [0.717, 1.165) is 10.5 Å². The molecule has 1 N–H and O–H groups in total. The van der Waals surface area contributed by atoms with Gasteiger partial charge in [0.05, 0.1) is 5.75 Å². The van der Waals surface area contributed by atoms with Crippen molar-refractivity contribution in [1.29, 1.82) is 0 Å². The summed E-state index contributed by atoms with van der Waals surface area (Å²) < 4.78 is 0. The number of hydrogen-bond acceptors (Lipinski definition) is 3. The highest BCUT2D eigenvalue weighted by Gasteiger charge is 2.28. The topological polar surface area (TPSA) is 49.4 Å². The van der Waals surface area contributed by atoms with E-state index in [0.29, 0.717) is 18.0 Å². The second-order valence-corrected chi connectivity index (χ2v) is 8.32. The minimum absolute atomic E-state index is 0.0210. The number of halogens is 1. The fourth-order valence-electron chi connectivity index (χ4n) is 2.83. The van der Waals surface area contributed by atoms with Crippen LogP contribution in [0.25, 0.3) is 0 Å². The van der Waals surface area contributed by atoms with E-state index in [9.17, 15) is 9.59 Å². The van der Waals surface area contributed by atoms with Crippen LogP contribution in [0, 0.1) is 0 Å². The summed E-state index contributed by atoms with van der Waals surface area (Å²) in [6, 6.07) is 16.7. The zero-order valence-electron chi connectivity index (χ0n) is 16.5. The van der Waals surface area contributed by atoms with Gasteiger partial charge in [0, 0.05) is 22.5 Å². The first-order valence-corrected chi connectivity index (χ1v) is 10.8. The van der Waals surface area contributed by atoms with Crippen LogP contribution >= 0.6 is 23.4 Å². The predicted molar refractivity (Wildman–Crippen MR) is 117 cm³/mol. The molecule has 0 saturated carbocycles. The van der Waals surface area contributed by atoms with Gasteiger partial charge in [-0.25, -0.2) is 0 Å². The van der Waals surface area contributed by atoms with E-state index in [1.807, 2.05) is 63.2 Å². The van der Waals surface area contributed by atoms with Gasteiger partial charge in [-0.1, -0.05) is 48.9 Å². The smallest absolute Gasteiger partial charge is 0.243 e.